The number of para-hydroxylation sites is 1. The molecule has 9 aromatic rings. The van der Waals surface area contributed by atoms with E-state index in [1.54, 1.807) is 0 Å². The zero-order chi connectivity index (χ0) is 33.0. The fourth-order valence-electron chi connectivity index (χ4n) is 7.45. The summed E-state index contributed by atoms with van der Waals surface area (Å²) in [6.45, 7) is 4.62. The van der Waals surface area contributed by atoms with E-state index in [0.29, 0.717) is 0 Å². The summed E-state index contributed by atoms with van der Waals surface area (Å²) < 4.78 is 2.97. The van der Waals surface area contributed by atoms with Gasteiger partial charge in [0.25, 0.3) is 0 Å². The third-order valence-corrected chi connectivity index (χ3v) is 12.7. The first-order valence-corrected chi connectivity index (χ1v) is 18.6. The van der Waals surface area contributed by atoms with E-state index in [1.165, 1.54) is 63.1 Å². The molecule has 1 heterocycles. The Kier molecular flexibility index (Phi) is 7.24. The Hall–Kier alpha value is -5.40. The van der Waals surface area contributed by atoms with Crippen molar-refractivity contribution in [1.29, 1.82) is 0 Å². The van der Waals surface area contributed by atoms with Crippen LogP contribution in [0.15, 0.2) is 176 Å². The molecule has 0 fully saturated rings. The van der Waals surface area contributed by atoms with Crippen molar-refractivity contribution >= 4 is 72.4 Å². The van der Waals surface area contributed by atoms with E-state index < -0.39 is 0 Å². The van der Waals surface area contributed by atoms with Gasteiger partial charge in [0.1, 0.15) is 0 Å². The fourth-order valence-corrected chi connectivity index (χ4v) is 10.1. The van der Waals surface area contributed by atoms with E-state index in [2.05, 4.69) is 195 Å². The molecule has 0 saturated carbocycles. The molecule has 234 valence electrons. The van der Waals surface area contributed by atoms with Crippen molar-refractivity contribution in [3.63, 3.8) is 0 Å². The molecule has 8 aromatic carbocycles. The van der Waals surface area contributed by atoms with Gasteiger partial charge in [-0.2, -0.15) is 0 Å². The van der Waals surface area contributed by atoms with Crippen molar-refractivity contribution in [3.8, 4) is 11.1 Å². The molecule has 0 aliphatic rings. The molecular weight excluding hydrogens is 657 g/mol. The van der Waals surface area contributed by atoms with Gasteiger partial charge in [0.05, 0.1) is 0 Å². The third kappa shape index (κ3) is 5.08. The first-order chi connectivity index (χ1) is 24.1. The molecule has 0 aliphatic heterocycles. The minimum atomic E-state index is -0.117. The Morgan fingerprint density at radius 1 is 0.469 bits per heavy atom. The monoisotopic (exact) mass is 693 g/mol. The predicted molar refractivity (Wildman–Crippen MR) is 212 cm³/mol. The van der Waals surface area contributed by atoms with Crippen molar-refractivity contribution in [2.45, 2.75) is 19.3 Å². The average Bonchev–Trinajstić information content (AvgIpc) is 3.55. The van der Waals surface area contributed by atoms with Gasteiger partial charge in [-0.05, 0) is 0 Å². The molecule has 1 nitrogen and oxygen atoms in total. The molecule has 2 heteroatoms. The van der Waals surface area contributed by atoms with Crippen molar-refractivity contribution in [2.24, 2.45) is 0 Å². The van der Waals surface area contributed by atoms with Crippen LogP contribution in [0.3, 0.4) is 0 Å². The Morgan fingerprint density at radius 2 is 1.08 bits per heavy atom. The van der Waals surface area contributed by atoms with E-state index in [4.69, 9.17) is 0 Å². The number of hydrogen-bond donors (Lipinski definition) is 0. The number of benzene rings is 8. The number of nitrogens with zero attached hydrogens (tertiary/aromatic N) is 1. The normalized spacial score (nSPS) is 11.9. The minimum absolute atomic E-state index is 0.117. The number of anilines is 3. The molecule has 0 bridgehead atoms. The molecule has 0 radical (unpaired) electrons. The molecule has 9 rings (SSSR count). The van der Waals surface area contributed by atoms with Gasteiger partial charge in [0.2, 0.25) is 0 Å². The van der Waals surface area contributed by atoms with E-state index in [9.17, 15) is 0 Å². The zero-order valence-corrected chi connectivity index (χ0v) is 29.3. The van der Waals surface area contributed by atoms with E-state index in [1.807, 2.05) is 0 Å². The van der Waals surface area contributed by atoms with Crippen molar-refractivity contribution < 1.29 is 0 Å². The van der Waals surface area contributed by atoms with Crippen LogP contribution in [0.5, 0.6) is 0 Å². The van der Waals surface area contributed by atoms with Crippen molar-refractivity contribution in [2.75, 3.05) is 4.90 Å². The quantitative estimate of drug-likeness (QED) is 0.124. The van der Waals surface area contributed by atoms with Crippen molar-refractivity contribution in [3.05, 3.63) is 187 Å². The molecule has 0 saturated heterocycles. The molecule has 0 N–H and O–H groups in total. The summed E-state index contributed by atoms with van der Waals surface area (Å²) in [5.74, 6) is 0. The summed E-state index contributed by atoms with van der Waals surface area (Å²) in [4.78, 5) is 2.45. The zero-order valence-electron chi connectivity index (χ0n) is 27.6. The Morgan fingerprint density at radius 3 is 1.90 bits per heavy atom. The molecule has 1 aromatic heterocycles. The molecule has 0 atom stereocenters. The number of hydrogen-bond acceptors (Lipinski definition) is 1. The molecule has 0 amide bonds. The van der Waals surface area contributed by atoms with Crippen LogP contribution in [0.2, 0.25) is 0 Å². The third-order valence-electron chi connectivity index (χ3n) is 10.2. The number of fused-ring (bicyclic) bond motifs is 7. The Labute approximate surface area is 293 Å². The molecule has 49 heavy (non-hydrogen) atoms. The predicted octanol–water partition coefficient (Wildman–Crippen LogP) is 12.8. The summed E-state index contributed by atoms with van der Waals surface area (Å²) in [7, 11) is 0. The van der Waals surface area contributed by atoms with Crippen LogP contribution in [0.4, 0.5) is 17.1 Å². The summed E-state index contributed by atoms with van der Waals surface area (Å²) >= 11 is 0.261. The van der Waals surface area contributed by atoms with Crippen LogP contribution in [-0.4, -0.2) is 14.5 Å². The second-order valence-corrected chi connectivity index (χ2v) is 15.6. The van der Waals surface area contributed by atoms with Gasteiger partial charge >= 0.3 is 264 Å². The van der Waals surface area contributed by atoms with E-state index in [0.717, 1.165) is 17.1 Å². The molecule has 0 aliphatic carbocycles. The topological polar surface area (TPSA) is 3.24 Å². The molecule has 0 spiro atoms. The maximum absolute atomic E-state index is 2.45. The van der Waals surface area contributed by atoms with Gasteiger partial charge in [-0.1, -0.05) is 30.3 Å². The first-order valence-electron chi connectivity index (χ1n) is 16.9. The van der Waals surface area contributed by atoms with Crippen LogP contribution >= 0.6 is 0 Å². The standard InChI is InChI=1S/C47H35NSe/c1-47(2,35-15-7-4-8-16-35)36-25-28-37(29-26-36)48(43-19-11-9-17-39(43)32-13-5-3-6-14-32)38-27-23-33-21-22-34-24-30-41-40-18-10-12-20-44(40)49-46(41)45(34)42(33)31-38/h3-31H,1-2H3. The summed E-state index contributed by atoms with van der Waals surface area (Å²) in [5.41, 5.74) is 8.34. The van der Waals surface area contributed by atoms with Crippen LogP contribution in [0.25, 0.3) is 52.0 Å². The number of rotatable bonds is 6. The van der Waals surface area contributed by atoms with Gasteiger partial charge in [-0.3, -0.25) is 0 Å². The second-order valence-electron chi connectivity index (χ2n) is 13.4. The van der Waals surface area contributed by atoms with Gasteiger partial charge in [-0.15, -0.1) is 0 Å². The molecular formula is C47H35NSe. The van der Waals surface area contributed by atoms with Gasteiger partial charge < -0.3 is 0 Å². The summed E-state index contributed by atoms with van der Waals surface area (Å²) in [5, 5.41) is 8.07. The van der Waals surface area contributed by atoms with Crippen LogP contribution in [0, 0.1) is 0 Å². The van der Waals surface area contributed by atoms with Crippen LogP contribution < -0.4 is 4.90 Å². The Balaban J connectivity index is 1.27. The van der Waals surface area contributed by atoms with Crippen LogP contribution in [0.1, 0.15) is 25.0 Å². The van der Waals surface area contributed by atoms with Gasteiger partial charge in [0.15, 0.2) is 0 Å². The molecule has 0 unspecified atom stereocenters. The SMILES string of the molecule is CC(C)(c1ccccc1)c1ccc(N(c2ccc3ccc4ccc5c6ccccc6[se]c5c4c3c2)c2ccccc2-c2ccccc2)cc1. The van der Waals surface area contributed by atoms with Gasteiger partial charge in [-0.25, -0.2) is 0 Å². The van der Waals surface area contributed by atoms with Crippen molar-refractivity contribution in [1.82, 2.24) is 0 Å². The van der Waals surface area contributed by atoms with Crippen LogP contribution in [-0.2, 0) is 5.41 Å². The maximum atomic E-state index is 2.45. The average molecular weight is 693 g/mol. The first kappa shape index (κ1) is 29.7. The summed E-state index contributed by atoms with van der Waals surface area (Å²) in [6.07, 6.45) is 0. The van der Waals surface area contributed by atoms with Gasteiger partial charge in [0, 0.05) is 0 Å². The second kappa shape index (κ2) is 11.9. The van der Waals surface area contributed by atoms with E-state index >= 15 is 0 Å². The Bertz CT molecular complexity index is 2620. The van der Waals surface area contributed by atoms with E-state index in [-0.39, 0.29) is 19.9 Å². The summed E-state index contributed by atoms with van der Waals surface area (Å²) in [6, 6.07) is 64.8. The fraction of sp³-hybridized carbons (Fsp3) is 0.0638.